The summed E-state index contributed by atoms with van der Waals surface area (Å²) in [5.41, 5.74) is 2.53. The molecule has 3 aromatic rings. The maximum Gasteiger partial charge on any atom is 0.253 e. The van der Waals surface area contributed by atoms with Crippen molar-refractivity contribution in [3.63, 3.8) is 0 Å². The molecule has 0 bridgehead atoms. The Morgan fingerprint density at radius 3 is 2.61 bits per heavy atom. The van der Waals surface area contributed by atoms with Crippen molar-refractivity contribution in [1.82, 2.24) is 9.88 Å². The monoisotopic (exact) mass is 440 g/mol. The van der Waals surface area contributed by atoms with E-state index in [1.807, 2.05) is 30.3 Å². The number of aromatic nitrogens is 1. The van der Waals surface area contributed by atoms with Gasteiger partial charge in [0.1, 0.15) is 18.1 Å². The van der Waals surface area contributed by atoms with Crippen LogP contribution in [0.2, 0.25) is 0 Å². The van der Waals surface area contributed by atoms with Gasteiger partial charge in [0, 0.05) is 47.1 Å². The van der Waals surface area contributed by atoms with Gasteiger partial charge in [0.15, 0.2) is 0 Å². The summed E-state index contributed by atoms with van der Waals surface area (Å²) in [5.74, 6) is 1.39. The van der Waals surface area contributed by atoms with Crippen LogP contribution in [-0.4, -0.2) is 29.9 Å². The minimum absolute atomic E-state index is 0.0687. The first-order valence-electron chi connectivity index (χ1n) is 8.76. The van der Waals surface area contributed by atoms with Gasteiger partial charge in [0.25, 0.3) is 5.91 Å². The average Bonchev–Trinajstić information content (AvgIpc) is 2.73. The molecule has 6 heteroatoms. The van der Waals surface area contributed by atoms with Crippen LogP contribution in [-0.2, 0) is 13.2 Å². The maximum atomic E-state index is 12.7. The van der Waals surface area contributed by atoms with Crippen molar-refractivity contribution in [2.24, 2.45) is 0 Å². The second-order valence-electron chi connectivity index (χ2n) is 6.29. The highest BCUT2D eigenvalue weighted by molar-refractivity contribution is 9.10. The summed E-state index contributed by atoms with van der Waals surface area (Å²) in [4.78, 5) is 18.5. The topological polar surface area (TPSA) is 51.7 Å². The number of hydrogen-bond acceptors (Lipinski definition) is 4. The lowest BCUT2D eigenvalue weighted by Crippen LogP contribution is -2.26. The molecule has 0 saturated carbocycles. The molecule has 5 nitrogen and oxygen atoms in total. The second kappa shape index (κ2) is 9.37. The van der Waals surface area contributed by atoms with Crippen molar-refractivity contribution in [3.8, 4) is 11.5 Å². The quantitative estimate of drug-likeness (QED) is 0.533. The van der Waals surface area contributed by atoms with Crippen LogP contribution in [0.15, 0.2) is 71.5 Å². The first-order valence-corrected chi connectivity index (χ1v) is 9.56. The third-order valence-corrected chi connectivity index (χ3v) is 4.72. The third-order valence-electron chi connectivity index (χ3n) is 4.23. The lowest BCUT2D eigenvalue weighted by atomic mass is 10.1. The fourth-order valence-electron chi connectivity index (χ4n) is 2.76. The Hall–Kier alpha value is -2.86. The summed E-state index contributed by atoms with van der Waals surface area (Å²) in [5, 5.41) is 0. The zero-order valence-corrected chi connectivity index (χ0v) is 17.3. The molecule has 3 rings (SSSR count). The summed E-state index contributed by atoms with van der Waals surface area (Å²) < 4.78 is 12.1. The number of methoxy groups -OCH3 is 1. The Kier molecular flexibility index (Phi) is 6.66. The number of pyridine rings is 1. The van der Waals surface area contributed by atoms with Crippen LogP contribution in [0.4, 0.5) is 0 Å². The van der Waals surface area contributed by atoms with Gasteiger partial charge in [0.2, 0.25) is 0 Å². The molecule has 0 aliphatic carbocycles. The lowest BCUT2D eigenvalue weighted by molar-refractivity contribution is 0.0784. The highest BCUT2D eigenvalue weighted by Gasteiger charge is 2.14. The van der Waals surface area contributed by atoms with E-state index < -0.39 is 0 Å². The number of nitrogens with zero attached hydrogens (tertiary/aromatic N) is 2. The number of benzene rings is 2. The maximum absolute atomic E-state index is 12.7. The fourth-order valence-corrected chi connectivity index (χ4v) is 3.17. The van der Waals surface area contributed by atoms with Crippen LogP contribution >= 0.6 is 15.9 Å². The van der Waals surface area contributed by atoms with E-state index in [-0.39, 0.29) is 5.91 Å². The predicted molar refractivity (Wildman–Crippen MR) is 112 cm³/mol. The highest BCUT2D eigenvalue weighted by atomic mass is 79.9. The standard InChI is InChI=1S/C22H21BrN2O3/c1-25(14-18-12-19(23)7-10-21(18)27-2)22(26)17-5-8-20(9-6-17)28-15-16-4-3-11-24-13-16/h3-13H,14-15H2,1-2H3. The molecule has 0 atom stereocenters. The van der Waals surface area contributed by atoms with Crippen molar-refractivity contribution < 1.29 is 14.3 Å². The van der Waals surface area contributed by atoms with Gasteiger partial charge < -0.3 is 14.4 Å². The Morgan fingerprint density at radius 1 is 1.14 bits per heavy atom. The molecule has 0 spiro atoms. The summed E-state index contributed by atoms with van der Waals surface area (Å²) in [6.45, 7) is 0.879. The Balaban J connectivity index is 1.63. The van der Waals surface area contributed by atoms with Gasteiger partial charge >= 0.3 is 0 Å². The van der Waals surface area contributed by atoms with Crippen LogP contribution < -0.4 is 9.47 Å². The Morgan fingerprint density at radius 2 is 1.93 bits per heavy atom. The van der Waals surface area contributed by atoms with E-state index in [2.05, 4.69) is 20.9 Å². The highest BCUT2D eigenvalue weighted by Crippen LogP contribution is 2.24. The number of carbonyl (C=O) groups excluding carboxylic acids is 1. The molecule has 0 fully saturated rings. The summed E-state index contributed by atoms with van der Waals surface area (Å²) >= 11 is 3.46. The van der Waals surface area contributed by atoms with E-state index in [4.69, 9.17) is 9.47 Å². The van der Waals surface area contributed by atoms with E-state index in [0.29, 0.717) is 24.5 Å². The van der Waals surface area contributed by atoms with Crippen LogP contribution in [0, 0.1) is 0 Å². The molecule has 0 unspecified atom stereocenters. The molecule has 1 heterocycles. The van der Waals surface area contributed by atoms with Gasteiger partial charge in [0.05, 0.1) is 7.11 Å². The summed E-state index contributed by atoms with van der Waals surface area (Å²) in [7, 11) is 3.40. The van der Waals surface area contributed by atoms with Crippen LogP contribution in [0.1, 0.15) is 21.5 Å². The first kappa shape index (κ1) is 19.9. The molecule has 28 heavy (non-hydrogen) atoms. The van der Waals surface area contributed by atoms with E-state index in [1.165, 1.54) is 0 Å². The van der Waals surface area contributed by atoms with Gasteiger partial charge in [-0.2, -0.15) is 0 Å². The van der Waals surface area contributed by atoms with E-state index in [1.54, 1.807) is 55.7 Å². The average molecular weight is 441 g/mol. The zero-order valence-electron chi connectivity index (χ0n) is 15.8. The predicted octanol–water partition coefficient (Wildman–Crippen LogP) is 4.70. The number of halogens is 1. The van der Waals surface area contributed by atoms with Gasteiger partial charge in [-0.15, -0.1) is 0 Å². The van der Waals surface area contributed by atoms with Gasteiger partial charge in [-0.3, -0.25) is 9.78 Å². The molecule has 2 aromatic carbocycles. The summed E-state index contributed by atoms with van der Waals surface area (Å²) in [6.07, 6.45) is 3.49. The lowest BCUT2D eigenvalue weighted by Gasteiger charge is -2.19. The van der Waals surface area contributed by atoms with E-state index in [9.17, 15) is 4.79 Å². The fraction of sp³-hybridized carbons (Fsp3) is 0.182. The van der Waals surface area contributed by atoms with Gasteiger partial charge in [-0.05, 0) is 48.5 Å². The third kappa shape index (κ3) is 5.10. The van der Waals surface area contributed by atoms with E-state index >= 15 is 0 Å². The van der Waals surface area contributed by atoms with Gasteiger partial charge in [-0.25, -0.2) is 0 Å². The van der Waals surface area contributed by atoms with Crippen molar-refractivity contribution in [2.75, 3.05) is 14.2 Å². The number of ether oxygens (including phenoxy) is 2. The molecule has 0 N–H and O–H groups in total. The minimum atomic E-state index is -0.0687. The molecule has 0 aliphatic heterocycles. The molecule has 1 aromatic heterocycles. The minimum Gasteiger partial charge on any atom is -0.496 e. The molecule has 144 valence electrons. The SMILES string of the molecule is COc1ccc(Br)cc1CN(C)C(=O)c1ccc(OCc2cccnc2)cc1. The smallest absolute Gasteiger partial charge is 0.253 e. The van der Waals surface area contributed by atoms with Crippen molar-refractivity contribution in [2.45, 2.75) is 13.2 Å². The normalized spacial score (nSPS) is 10.4. The van der Waals surface area contributed by atoms with Crippen LogP contribution in [0.3, 0.4) is 0 Å². The first-order chi connectivity index (χ1) is 13.6. The molecular weight excluding hydrogens is 420 g/mol. The van der Waals surface area contributed by atoms with Crippen LogP contribution in [0.5, 0.6) is 11.5 Å². The summed E-state index contributed by atoms with van der Waals surface area (Å²) in [6, 6.07) is 16.7. The molecule has 0 aliphatic rings. The molecule has 0 saturated heterocycles. The zero-order chi connectivity index (χ0) is 19.9. The Bertz CT molecular complexity index is 930. The number of hydrogen-bond donors (Lipinski definition) is 0. The largest absolute Gasteiger partial charge is 0.496 e. The second-order valence-corrected chi connectivity index (χ2v) is 7.21. The molecule has 1 amide bonds. The van der Waals surface area contributed by atoms with Crippen molar-refractivity contribution in [1.29, 1.82) is 0 Å². The Labute approximate surface area is 173 Å². The number of carbonyl (C=O) groups is 1. The number of amides is 1. The van der Waals surface area contributed by atoms with Crippen molar-refractivity contribution >= 4 is 21.8 Å². The van der Waals surface area contributed by atoms with Crippen LogP contribution in [0.25, 0.3) is 0 Å². The van der Waals surface area contributed by atoms with E-state index in [0.717, 1.165) is 21.3 Å². The molecule has 0 radical (unpaired) electrons. The molecular formula is C22H21BrN2O3. The van der Waals surface area contributed by atoms with Gasteiger partial charge in [-0.1, -0.05) is 22.0 Å². The number of rotatable bonds is 7. The van der Waals surface area contributed by atoms with Crippen molar-refractivity contribution in [3.05, 3.63) is 88.2 Å².